The molecule has 88 valence electrons. The van der Waals surface area contributed by atoms with Crippen molar-refractivity contribution < 1.29 is 9.18 Å². The Labute approximate surface area is 103 Å². The first-order valence-electron chi connectivity index (χ1n) is 5.14. The summed E-state index contributed by atoms with van der Waals surface area (Å²) in [6.07, 6.45) is 3.14. The second-order valence-corrected chi connectivity index (χ2v) is 3.95. The monoisotopic (exact) mass is 252 g/mol. The number of carbonyl (C=O) groups excluding carboxylic acids is 1. The van der Waals surface area contributed by atoms with E-state index in [0.717, 1.165) is 0 Å². The van der Waals surface area contributed by atoms with Crippen LogP contribution in [0.1, 0.15) is 22.8 Å². The summed E-state index contributed by atoms with van der Waals surface area (Å²) in [5.41, 5.74) is 0.821. The molecule has 0 unspecified atom stereocenters. The van der Waals surface area contributed by atoms with Gasteiger partial charge in [0.05, 0.1) is 16.8 Å². The van der Waals surface area contributed by atoms with Gasteiger partial charge in [-0.2, -0.15) is 5.10 Å². The topological polar surface area (TPSA) is 34.9 Å². The van der Waals surface area contributed by atoms with Gasteiger partial charge in [-0.25, -0.2) is 4.39 Å². The Morgan fingerprint density at radius 3 is 2.82 bits per heavy atom. The Kier molecular flexibility index (Phi) is 3.24. The van der Waals surface area contributed by atoms with Crippen molar-refractivity contribution in [2.24, 2.45) is 0 Å². The van der Waals surface area contributed by atoms with Gasteiger partial charge in [-0.05, 0) is 25.1 Å². The lowest BCUT2D eigenvalue weighted by atomic mass is 10.1. The Balaban J connectivity index is 2.33. The number of benzene rings is 1. The van der Waals surface area contributed by atoms with Crippen LogP contribution in [0.2, 0.25) is 5.02 Å². The van der Waals surface area contributed by atoms with Gasteiger partial charge in [0.25, 0.3) is 0 Å². The second-order valence-electron chi connectivity index (χ2n) is 3.54. The molecule has 0 fully saturated rings. The summed E-state index contributed by atoms with van der Waals surface area (Å²) in [4.78, 5) is 12.0. The highest BCUT2D eigenvalue weighted by molar-refractivity contribution is 6.31. The molecule has 0 saturated heterocycles. The molecule has 0 aliphatic rings. The van der Waals surface area contributed by atoms with Gasteiger partial charge in [0, 0.05) is 18.3 Å². The van der Waals surface area contributed by atoms with Gasteiger partial charge in [-0.15, -0.1) is 0 Å². The van der Waals surface area contributed by atoms with Crippen molar-refractivity contribution in [1.82, 2.24) is 9.78 Å². The molecule has 0 N–H and O–H groups in total. The zero-order valence-electron chi connectivity index (χ0n) is 9.15. The second kappa shape index (κ2) is 4.67. The molecule has 2 rings (SSSR count). The Bertz CT molecular complexity index is 565. The summed E-state index contributed by atoms with van der Waals surface area (Å²) >= 11 is 5.63. The van der Waals surface area contributed by atoms with E-state index < -0.39 is 5.82 Å². The predicted octanol–water partition coefficient (Wildman–Crippen LogP) is 2.93. The molecule has 0 radical (unpaired) electrons. The summed E-state index contributed by atoms with van der Waals surface area (Å²) in [5, 5.41) is 3.95. The van der Waals surface area contributed by atoms with Crippen molar-refractivity contribution in [3.8, 4) is 0 Å². The molecule has 0 atom stereocenters. The van der Waals surface area contributed by atoms with Gasteiger partial charge in [0.2, 0.25) is 0 Å². The fourth-order valence-corrected chi connectivity index (χ4v) is 1.64. The van der Waals surface area contributed by atoms with Crippen molar-refractivity contribution in [2.45, 2.75) is 13.5 Å². The number of hydrogen-bond donors (Lipinski definition) is 0. The lowest BCUT2D eigenvalue weighted by Gasteiger charge is -1.99. The number of rotatable bonds is 3. The zero-order chi connectivity index (χ0) is 12.4. The first kappa shape index (κ1) is 11.8. The van der Waals surface area contributed by atoms with Gasteiger partial charge in [-0.1, -0.05) is 11.6 Å². The highest BCUT2D eigenvalue weighted by atomic mass is 35.5. The van der Waals surface area contributed by atoms with E-state index in [9.17, 15) is 9.18 Å². The minimum atomic E-state index is -0.535. The average molecular weight is 253 g/mol. The van der Waals surface area contributed by atoms with Gasteiger partial charge in [0.1, 0.15) is 5.82 Å². The number of carbonyl (C=O) groups is 1. The maximum absolute atomic E-state index is 13.0. The van der Waals surface area contributed by atoms with Crippen LogP contribution in [0.15, 0.2) is 30.6 Å². The maximum Gasteiger partial charge on any atom is 0.196 e. The van der Waals surface area contributed by atoms with Crippen molar-refractivity contribution in [3.63, 3.8) is 0 Å². The van der Waals surface area contributed by atoms with Crippen LogP contribution < -0.4 is 0 Å². The SMILES string of the molecule is CCn1cc(C(=O)c2ccc(F)c(Cl)c2)cn1. The summed E-state index contributed by atoms with van der Waals surface area (Å²) in [5.74, 6) is -0.751. The number of aryl methyl sites for hydroxylation is 1. The van der Waals surface area contributed by atoms with Crippen molar-refractivity contribution in [3.05, 3.63) is 52.6 Å². The molecular weight excluding hydrogens is 243 g/mol. The number of halogens is 2. The fourth-order valence-electron chi connectivity index (χ4n) is 1.46. The maximum atomic E-state index is 13.0. The van der Waals surface area contributed by atoms with Crippen LogP contribution in [0, 0.1) is 5.82 Å². The summed E-state index contributed by atoms with van der Waals surface area (Å²) in [6.45, 7) is 2.62. The molecule has 0 aliphatic heterocycles. The lowest BCUT2D eigenvalue weighted by Crippen LogP contribution is -2.00. The third kappa shape index (κ3) is 2.36. The number of aromatic nitrogens is 2. The third-order valence-corrected chi connectivity index (χ3v) is 2.69. The highest BCUT2D eigenvalue weighted by Crippen LogP contribution is 2.18. The number of nitrogens with zero attached hydrogens (tertiary/aromatic N) is 2. The van der Waals surface area contributed by atoms with Crippen LogP contribution in [0.25, 0.3) is 0 Å². The van der Waals surface area contributed by atoms with Crippen LogP contribution in [-0.2, 0) is 6.54 Å². The predicted molar refractivity (Wildman–Crippen MR) is 62.7 cm³/mol. The number of hydrogen-bond acceptors (Lipinski definition) is 2. The van der Waals surface area contributed by atoms with Crippen LogP contribution in [0.5, 0.6) is 0 Å². The van der Waals surface area contributed by atoms with Crippen molar-refractivity contribution in [1.29, 1.82) is 0 Å². The van der Waals surface area contributed by atoms with E-state index in [1.807, 2.05) is 6.92 Å². The van der Waals surface area contributed by atoms with Crippen LogP contribution in [-0.4, -0.2) is 15.6 Å². The third-order valence-electron chi connectivity index (χ3n) is 2.40. The fraction of sp³-hybridized carbons (Fsp3) is 0.167. The molecule has 17 heavy (non-hydrogen) atoms. The van der Waals surface area contributed by atoms with Gasteiger partial charge < -0.3 is 0 Å². The van der Waals surface area contributed by atoms with Crippen molar-refractivity contribution >= 4 is 17.4 Å². The molecule has 2 aromatic rings. The largest absolute Gasteiger partial charge is 0.288 e. The van der Waals surface area contributed by atoms with E-state index >= 15 is 0 Å². The highest BCUT2D eigenvalue weighted by Gasteiger charge is 2.12. The average Bonchev–Trinajstić information content (AvgIpc) is 2.80. The molecule has 0 amide bonds. The standard InChI is InChI=1S/C12H10ClFN2O/c1-2-16-7-9(6-15-16)12(17)8-3-4-11(14)10(13)5-8/h3-7H,2H2,1H3. The minimum Gasteiger partial charge on any atom is -0.288 e. The lowest BCUT2D eigenvalue weighted by molar-refractivity contribution is 0.103. The molecule has 0 spiro atoms. The van der Waals surface area contributed by atoms with Gasteiger partial charge >= 0.3 is 0 Å². The first-order valence-corrected chi connectivity index (χ1v) is 5.52. The summed E-state index contributed by atoms with van der Waals surface area (Å²) in [6, 6.07) is 3.91. The number of ketones is 1. The Morgan fingerprint density at radius 2 is 2.24 bits per heavy atom. The molecule has 5 heteroatoms. The molecule has 0 aliphatic carbocycles. The van der Waals surface area contributed by atoms with E-state index in [0.29, 0.717) is 17.7 Å². The Hall–Kier alpha value is -1.68. The summed E-state index contributed by atoms with van der Waals surface area (Å²) < 4.78 is 14.6. The molecular formula is C12H10ClFN2O. The van der Waals surface area contributed by atoms with E-state index in [1.54, 1.807) is 10.9 Å². The zero-order valence-corrected chi connectivity index (χ0v) is 9.91. The smallest absolute Gasteiger partial charge is 0.196 e. The van der Waals surface area contributed by atoms with Crippen LogP contribution in [0.3, 0.4) is 0 Å². The quantitative estimate of drug-likeness (QED) is 0.788. The normalized spacial score (nSPS) is 10.5. The molecule has 0 saturated carbocycles. The van der Waals surface area contributed by atoms with E-state index in [-0.39, 0.29) is 10.8 Å². The first-order chi connectivity index (χ1) is 8.11. The van der Waals surface area contributed by atoms with Crippen molar-refractivity contribution in [2.75, 3.05) is 0 Å². The summed E-state index contributed by atoms with van der Waals surface area (Å²) in [7, 11) is 0. The van der Waals surface area contributed by atoms with Gasteiger partial charge in [0.15, 0.2) is 5.78 Å². The minimum absolute atomic E-state index is 0.0567. The van der Waals surface area contributed by atoms with Crippen LogP contribution in [0.4, 0.5) is 4.39 Å². The molecule has 1 aromatic carbocycles. The molecule has 1 heterocycles. The molecule has 0 bridgehead atoms. The van der Waals surface area contributed by atoms with Gasteiger partial charge in [-0.3, -0.25) is 9.48 Å². The Morgan fingerprint density at radius 1 is 1.47 bits per heavy atom. The van der Waals surface area contributed by atoms with E-state index in [1.165, 1.54) is 24.4 Å². The van der Waals surface area contributed by atoms with E-state index in [2.05, 4.69) is 5.10 Å². The molecule has 3 nitrogen and oxygen atoms in total. The molecule has 1 aromatic heterocycles. The van der Waals surface area contributed by atoms with Crippen LogP contribution >= 0.6 is 11.6 Å². The van der Waals surface area contributed by atoms with E-state index in [4.69, 9.17) is 11.6 Å².